The number of hydrogen-bond acceptors (Lipinski definition) is 5. The fraction of sp³-hybridized carbons (Fsp3) is 0.556. The molecule has 1 heterocycles. The van der Waals surface area contributed by atoms with Gasteiger partial charge in [0.15, 0.2) is 17.5 Å². The predicted octanol–water partition coefficient (Wildman–Crippen LogP) is 1.55. The highest BCUT2D eigenvalue weighted by Gasteiger charge is 2.23. The lowest BCUT2D eigenvalue weighted by Crippen LogP contribution is -2.53. The molecule has 0 saturated carbocycles. The Balaban J connectivity index is 1.90. The molecule has 0 radical (unpaired) electrons. The molecule has 1 N–H and O–H groups in total. The molecule has 1 aromatic rings. The molecule has 2 rings (SSSR count). The summed E-state index contributed by atoms with van der Waals surface area (Å²) in [6.07, 6.45) is -0.250. The second-order valence-corrected chi connectivity index (χ2v) is 5.76. The van der Waals surface area contributed by atoms with Gasteiger partial charge in [0.1, 0.15) is 0 Å². The lowest BCUT2D eigenvalue weighted by Gasteiger charge is -2.35. The van der Waals surface area contributed by atoms with Gasteiger partial charge in [0.25, 0.3) is 0 Å². The number of benzene rings is 1. The van der Waals surface area contributed by atoms with Crippen LogP contribution >= 0.6 is 0 Å². The summed E-state index contributed by atoms with van der Waals surface area (Å²) in [6.45, 7) is 5.49. The number of nitrogens with zero attached hydrogens (tertiary/aromatic N) is 3. The maximum atomic E-state index is 11.8. The van der Waals surface area contributed by atoms with Crippen molar-refractivity contribution in [3.63, 3.8) is 0 Å². The third kappa shape index (κ3) is 4.93. The van der Waals surface area contributed by atoms with Crippen LogP contribution < -0.4 is 14.8 Å². The Morgan fingerprint density at radius 2 is 1.77 bits per heavy atom. The summed E-state index contributed by atoms with van der Waals surface area (Å²) in [4.78, 5) is 20.0. The van der Waals surface area contributed by atoms with Crippen molar-refractivity contribution in [2.45, 2.75) is 13.5 Å². The molecule has 0 bridgehead atoms. The fourth-order valence-corrected chi connectivity index (χ4v) is 2.82. The third-order valence-corrected chi connectivity index (χ3v) is 4.22. The highest BCUT2D eigenvalue weighted by atomic mass is 16.6. The molecular formula is C18H28N4O4. The van der Waals surface area contributed by atoms with E-state index in [0.717, 1.165) is 11.5 Å². The highest BCUT2D eigenvalue weighted by molar-refractivity contribution is 5.80. The van der Waals surface area contributed by atoms with Gasteiger partial charge in [0.05, 0.1) is 20.8 Å². The van der Waals surface area contributed by atoms with Crippen LogP contribution in [0.3, 0.4) is 0 Å². The van der Waals surface area contributed by atoms with Gasteiger partial charge in [-0.05, 0) is 24.6 Å². The Morgan fingerprint density at radius 1 is 1.12 bits per heavy atom. The van der Waals surface area contributed by atoms with Crippen LogP contribution in [-0.2, 0) is 11.3 Å². The monoisotopic (exact) mass is 364 g/mol. The largest absolute Gasteiger partial charge is 0.493 e. The maximum absolute atomic E-state index is 11.8. The van der Waals surface area contributed by atoms with Crippen LogP contribution in [0, 0.1) is 0 Å². The van der Waals surface area contributed by atoms with Crippen LogP contribution in [0.25, 0.3) is 0 Å². The number of amides is 1. The van der Waals surface area contributed by atoms with Crippen molar-refractivity contribution >= 4 is 12.1 Å². The Morgan fingerprint density at radius 3 is 2.35 bits per heavy atom. The second-order valence-electron chi connectivity index (χ2n) is 5.76. The number of guanidine groups is 1. The van der Waals surface area contributed by atoms with E-state index >= 15 is 0 Å². The lowest BCUT2D eigenvalue weighted by atomic mass is 10.2. The topological polar surface area (TPSA) is 75.6 Å². The standard InChI is InChI=1S/C18H28N4O4/c1-5-26-18(23)22-10-8-21(9-11-22)17(19-2)20-13-14-6-7-15(24-3)16(12-14)25-4/h6-7,12H,5,8-11,13H2,1-4H3,(H,19,20). The molecule has 8 heteroatoms. The molecule has 0 unspecified atom stereocenters. The van der Waals surface area contributed by atoms with Gasteiger partial charge in [-0.3, -0.25) is 4.99 Å². The minimum Gasteiger partial charge on any atom is -0.493 e. The Hall–Kier alpha value is -2.64. The van der Waals surface area contributed by atoms with Gasteiger partial charge in [0.2, 0.25) is 0 Å². The van der Waals surface area contributed by atoms with Gasteiger partial charge in [-0.15, -0.1) is 0 Å². The number of aliphatic imine (C=N–C) groups is 1. The minimum atomic E-state index is -0.250. The van der Waals surface area contributed by atoms with E-state index in [4.69, 9.17) is 14.2 Å². The number of piperazine rings is 1. The summed E-state index contributed by atoms with van der Waals surface area (Å²) >= 11 is 0. The zero-order chi connectivity index (χ0) is 18.9. The second kappa shape index (κ2) is 9.74. The smallest absolute Gasteiger partial charge is 0.409 e. The van der Waals surface area contributed by atoms with Crippen LogP contribution in [0.5, 0.6) is 11.5 Å². The van der Waals surface area contributed by atoms with Gasteiger partial charge < -0.3 is 29.3 Å². The van der Waals surface area contributed by atoms with Crippen LogP contribution in [-0.4, -0.2) is 75.9 Å². The average molecular weight is 364 g/mol. The molecule has 1 aromatic carbocycles. The Labute approximate surface area is 154 Å². The van der Waals surface area contributed by atoms with Gasteiger partial charge in [-0.2, -0.15) is 0 Å². The van der Waals surface area contributed by atoms with E-state index in [1.165, 1.54) is 0 Å². The SMILES string of the molecule is CCOC(=O)N1CCN(C(=NC)NCc2ccc(OC)c(OC)c2)CC1. The Bertz CT molecular complexity index is 628. The summed E-state index contributed by atoms with van der Waals surface area (Å²) in [6, 6.07) is 5.81. The number of nitrogens with one attached hydrogen (secondary N) is 1. The van der Waals surface area contributed by atoms with Crippen molar-refractivity contribution in [2.24, 2.45) is 4.99 Å². The molecular weight excluding hydrogens is 336 g/mol. The molecule has 0 spiro atoms. The highest BCUT2D eigenvalue weighted by Crippen LogP contribution is 2.27. The van der Waals surface area contributed by atoms with Crippen LogP contribution in [0.15, 0.2) is 23.2 Å². The van der Waals surface area contributed by atoms with E-state index in [-0.39, 0.29) is 6.09 Å². The first-order valence-corrected chi connectivity index (χ1v) is 8.71. The summed E-state index contributed by atoms with van der Waals surface area (Å²) < 4.78 is 15.6. The Kier molecular flexibility index (Phi) is 7.37. The first-order valence-electron chi connectivity index (χ1n) is 8.71. The van der Waals surface area contributed by atoms with Crippen molar-refractivity contribution in [1.82, 2.24) is 15.1 Å². The molecule has 8 nitrogen and oxygen atoms in total. The number of ether oxygens (including phenoxy) is 3. The van der Waals surface area contributed by atoms with E-state index in [2.05, 4.69) is 15.2 Å². The number of carbonyl (C=O) groups is 1. The molecule has 1 aliphatic rings. The number of methoxy groups -OCH3 is 2. The maximum Gasteiger partial charge on any atom is 0.409 e. The molecule has 0 atom stereocenters. The van der Waals surface area contributed by atoms with Gasteiger partial charge in [0, 0.05) is 39.8 Å². The number of rotatable bonds is 5. The number of hydrogen-bond donors (Lipinski definition) is 1. The summed E-state index contributed by atoms with van der Waals surface area (Å²) in [5, 5.41) is 3.36. The molecule has 1 amide bonds. The predicted molar refractivity (Wildman–Crippen MR) is 99.9 cm³/mol. The first kappa shape index (κ1) is 19.7. The molecule has 144 valence electrons. The van der Waals surface area contributed by atoms with Crippen LogP contribution in [0.2, 0.25) is 0 Å². The fourth-order valence-electron chi connectivity index (χ4n) is 2.82. The van der Waals surface area contributed by atoms with Gasteiger partial charge in [-0.25, -0.2) is 4.79 Å². The zero-order valence-corrected chi connectivity index (χ0v) is 15.9. The molecule has 1 fully saturated rings. The van der Waals surface area contributed by atoms with Crippen molar-refractivity contribution < 1.29 is 19.0 Å². The van der Waals surface area contributed by atoms with Crippen molar-refractivity contribution in [3.05, 3.63) is 23.8 Å². The van der Waals surface area contributed by atoms with Crippen LogP contribution in [0.1, 0.15) is 12.5 Å². The number of carbonyl (C=O) groups excluding carboxylic acids is 1. The molecule has 0 aliphatic carbocycles. The zero-order valence-electron chi connectivity index (χ0n) is 15.9. The lowest BCUT2D eigenvalue weighted by molar-refractivity contribution is 0.0914. The van der Waals surface area contributed by atoms with Crippen LogP contribution in [0.4, 0.5) is 4.79 Å². The van der Waals surface area contributed by atoms with E-state index in [0.29, 0.717) is 50.8 Å². The normalized spacial score (nSPS) is 14.8. The molecule has 1 saturated heterocycles. The quantitative estimate of drug-likeness (QED) is 0.631. The van der Waals surface area contributed by atoms with E-state index in [1.54, 1.807) is 26.2 Å². The van der Waals surface area contributed by atoms with Crippen molar-refractivity contribution in [1.29, 1.82) is 0 Å². The molecule has 1 aliphatic heterocycles. The average Bonchev–Trinajstić information content (AvgIpc) is 2.68. The van der Waals surface area contributed by atoms with Gasteiger partial charge >= 0.3 is 6.09 Å². The molecule has 0 aromatic heterocycles. The van der Waals surface area contributed by atoms with Crippen molar-refractivity contribution in [2.75, 3.05) is 54.1 Å². The van der Waals surface area contributed by atoms with Gasteiger partial charge in [-0.1, -0.05) is 6.07 Å². The summed E-state index contributed by atoms with van der Waals surface area (Å²) in [5.74, 6) is 2.21. The summed E-state index contributed by atoms with van der Waals surface area (Å²) in [5.41, 5.74) is 1.06. The summed E-state index contributed by atoms with van der Waals surface area (Å²) in [7, 11) is 5.00. The molecule has 26 heavy (non-hydrogen) atoms. The first-order chi connectivity index (χ1) is 12.6. The minimum absolute atomic E-state index is 0.250. The van der Waals surface area contributed by atoms with E-state index in [9.17, 15) is 4.79 Å². The van der Waals surface area contributed by atoms with Crippen molar-refractivity contribution in [3.8, 4) is 11.5 Å². The van der Waals surface area contributed by atoms with E-state index < -0.39 is 0 Å². The third-order valence-electron chi connectivity index (χ3n) is 4.22. The van der Waals surface area contributed by atoms with E-state index in [1.807, 2.05) is 25.1 Å².